The summed E-state index contributed by atoms with van der Waals surface area (Å²) >= 11 is 0. The molecule has 286 valence electrons. The molecule has 3 heterocycles. The lowest BCUT2D eigenvalue weighted by Crippen LogP contribution is -2.21. The molecule has 4 nitrogen and oxygen atoms in total. The third-order valence-corrected chi connectivity index (χ3v) is 11.3. The maximum atomic E-state index is 6.34. The third-order valence-electron chi connectivity index (χ3n) is 11.3. The number of furan rings is 1. The molecule has 3 aromatic heterocycles. The van der Waals surface area contributed by atoms with E-state index in [-0.39, 0.29) is 0 Å². The lowest BCUT2D eigenvalue weighted by Gasteiger charge is -2.14. The largest absolute Gasteiger partial charge is 0.455 e. The maximum Gasteiger partial charge on any atom is 0.235 e. The van der Waals surface area contributed by atoms with Gasteiger partial charge in [-0.2, -0.15) is 0 Å². The predicted octanol–water partition coefficient (Wildman–Crippen LogP) is 13.4. The van der Waals surface area contributed by atoms with E-state index in [1.807, 2.05) is 56.3 Å². The third kappa shape index (κ3) is 6.09. The van der Waals surface area contributed by atoms with E-state index in [0.717, 1.165) is 104 Å². The Balaban J connectivity index is 0.00000213. The number of rotatable bonds is 6. The molecule has 0 N–H and O–H groups in total. The quantitative estimate of drug-likeness (QED) is 0.169. The Morgan fingerprint density at radius 1 is 0.550 bits per heavy atom. The van der Waals surface area contributed by atoms with Crippen molar-refractivity contribution in [3.63, 3.8) is 0 Å². The summed E-state index contributed by atoms with van der Waals surface area (Å²) in [4.78, 5) is 10.7. The number of benzene rings is 8. The van der Waals surface area contributed by atoms with Gasteiger partial charge in [0.05, 0.1) is 22.2 Å². The van der Waals surface area contributed by atoms with E-state index < -0.39 is 0 Å². The molecule has 0 aliphatic heterocycles. The van der Waals surface area contributed by atoms with Crippen molar-refractivity contribution in [1.29, 1.82) is 0 Å². The summed E-state index contributed by atoms with van der Waals surface area (Å²) in [6.07, 6.45) is 1.86. The monoisotopic (exact) mass is 771 g/mol. The van der Waals surface area contributed by atoms with Gasteiger partial charge in [-0.05, 0) is 69.4 Å². The number of nitrogens with zero attached hydrogens (tertiary/aromatic N) is 3. The standard InChI is InChI=1S/C54H35N3O.C2H6/c1-3-42(53-34(2)43-24-10-12-29-50(43)58-53)40-22-13-20-36(30-40)37-21-14-23-41(31-37)44-26-15-27-45-47-32-38-18-7-8-19-39(38)33-49(47)57(52(44)45)54-55-48-28-11-9-25-46(48)51(56-54)35-16-5-4-6-17-35;1-2/h3-33H,1-2H2;1-2H3/b53-42-;. The zero-order valence-corrected chi connectivity index (χ0v) is 33.6. The van der Waals surface area contributed by atoms with Crippen LogP contribution in [0.5, 0.6) is 0 Å². The summed E-state index contributed by atoms with van der Waals surface area (Å²) in [5.74, 6) is 0.631. The summed E-state index contributed by atoms with van der Waals surface area (Å²) in [7, 11) is 0. The smallest absolute Gasteiger partial charge is 0.235 e. The van der Waals surface area contributed by atoms with E-state index in [0.29, 0.717) is 5.95 Å². The molecular weight excluding hydrogens is 731 g/mol. The van der Waals surface area contributed by atoms with Gasteiger partial charge < -0.3 is 4.42 Å². The Hall–Kier alpha value is -7.82. The fourth-order valence-corrected chi connectivity index (χ4v) is 8.56. The zero-order chi connectivity index (χ0) is 40.7. The Morgan fingerprint density at radius 3 is 1.98 bits per heavy atom. The molecule has 0 radical (unpaired) electrons. The van der Waals surface area contributed by atoms with Crippen LogP contribution in [0.25, 0.3) is 106 Å². The van der Waals surface area contributed by atoms with Gasteiger partial charge in [0.1, 0.15) is 11.0 Å². The van der Waals surface area contributed by atoms with E-state index in [1.165, 1.54) is 5.39 Å². The average molecular weight is 772 g/mol. The van der Waals surface area contributed by atoms with Crippen LogP contribution in [0.3, 0.4) is 0 Å². The molecule has 0 aliphatic carbocycles. The topological polar surface area (TPSA) is 43.9 Å². The summed E-state index contributed by atoms with van der Waals surface area (Å²) in [5.41, 5.74) is 12.8. The number of fused-ring (bicyclic) bond motifs is 6. The summed E-state index contributed by atoms with van der Waals surface area (Å²) in [5, 5.41) is 7.53. The fourth-order valence-electron chi connectivity index (χ4n) is 8.56. The molecule has 0 unspecified atom stereocenters. The normalized spacial score (nSPS) is 11.9. The molecule has 11 rings (SSSR count). The first kappa shape index (κ1) is 36.5. The van der Waals surface area contributed by atoms with Crippen LogP contribution >= 0.6 is 0 Å². The van der Waals surface area contributed by atoms with Gasteiger partial charge in [-0.25, -0.2) is 9.97 Å². The molecule has 0 saturated carbocycles. The maximum absolute atomic E-state index is 6.34. The van der Waals surface area contributed by atoms with Crippen molar-refractivity contribution in [3.8, 4) is 39.5 Å². The molecule has 4 heteroatoms. The Labute approximate surface area is 348 Å². The van der Waals surface area contributed by atoms with Crippen molar-refractivity contribution in [2.75, 3.05) is 0 Å². The summed E-state index contributed by atoms with van der Waals surface area (Å²) < 4.78 is 8.61. The average Bonchev–Trinajstić information content (AvgIpc) is 3.82. The van der Waals surface area contributed by atoms with Crippen LogP contribution < -0.4 is 10.6 Å². The molecule has 0 bridgehead atoms. The van der Waals surface area contributed by atoms with Gasteiger partial charge in [0.25, 0.3) is 0 Å². The van der Waals surface area contributed by atoms with Crippen LogP contribution in [0.2, 0.25) is 0 Å². The Morgan fingerprint density at radius 2 is 1.18 bits per heavy atom. The first-order valence-electron chi connectivity index (χ1n) is 20.5. The van der Waals surface area contributed by atoms with Crippen molar-refractivity contribution < 1.29 is 4.42 Å². The van der Waals surface area contributed by atoms with Crippen LogP contribution in [0.4, 0.5) is 0 Å². The first-order valence-corrected chi connectivity index (χ1v) is 20.5. The molecule has 0 aliphatic rings. The minimum atomic E-state index is 0.631. The number of para-hydroxylation sites is 3. The highest BCUT2D eigenvalue weighted by molar-refractivity contribution is 6.17. The van der Waals surface area contributed by atoms with E-state index in [9.17, 15) is 0 Å². The number of hydrogen-bond acceptors (Lipinski definition) is 3. The van der Waals surface area contributed by atoms with Crippen molar-refractivity contribution in [1.82, 2.24) is 14.5 Å². The lowest BCUT2D eigenvalue weighted by atomic mass is 9.95. The van der Waals surface area contributed by atoms with E-state index in [4.69, 9.17) is 14.4 Å². The van der Waals surface area contributed by atoms with Gasteiger partial charge >= 0.3 is 0 Å². The minimum Gasteiger partial charge on any atom is -0.455 e. The molecule has 0 amide bonds. The summed E-state index contributed by atoms with van der Waals surface area (Å²) in [6, 6.07) is 63.8. The van der Waals surface area contributed by atoms with Gasteiger partial charge in [-0.1, -0.05) is 179 Å². The number of hydrogen-bond donors (Lipinski definition) is 0. The molecule has 0 spiro atoms. The molecule has 11 aromatic rings. The van der Waals surface area contributed by atoms with Gasteiger partial charge in [0, 0.05) is 43.5 Å². The second kappa shape index (κ2) is 15.2. The molecule has 0 atom stereocenters. The predicted molar refractivity (Wildman–Crippen MR) is 253 cm³/mol. The van der Waals surface area contributed by atoms with Crippen molar-refractivity contribution in [2.24, 2.45) is 0 Å². The van der Waals surface area contributed by atoms with E-state index in [1.54, 1.807) is 0 Å². The van der Waals surface area contributed by atoms with Crippen LogP contribution in [-0.4, -0.2) is 14.5 Å². The second-order valence-electron chi connectivity index (χ2n) is 14.7. The molecule has 0 saturated heterocycles. The van der Waals surface area contributed by atoms with Crippen molar-refractivity contribution in [3.05, 3.63) is 211 Å². The molecule has 8 aromatic carbocycles. The van der Waals surface area contributed by atoms with Gasteiger partial charge in [-0.15, -0.1) is 0 Å². The fraction of sp³-hybridized carbons (Fsp3) is 0.0357. The van der Waals surface area contributed by atoms with Crippen LogP contribution in [0.1, 0.15) is 19.4 Å². The molecule has 0 fully saturated rings. The Kier molecular flexibility index (Phi) is 9.23. The van der Waals surface area contributed by atoms with E-state index in [2.05, 4.69) is 163 Å². The zero-order valence-electron chi connectivity index (χ0n) is 33.6. The lowest BCUT2D eigenvalue weighted by molar-refractivity contribution is 0.573. The van der Waals surface area contributed by atoms with Gasteiger partial charge in [0.2, 0.25) is 5.95 Å². The number of aromatic nitrogens is 3. The van der Waals surface area contributed by atoms with Crippen LogP contribution in [0.15, 0.2) is 199 Å². The highest BCUT2D eigenvalue weighted by Gasteiger charge is 2.21. The van der Waals surface area contributed by atoms with Crippen LogP contribution in [0, 0.1) is 0 Å². The first-order chi connectivity index (χ1) is 29.6. The van der Waals surface area contributed by atoms with Crippen LogP contribution in [-0.2, 0) is 0 Å². The number of allylic oxidation sites excluding steroid dienone is 1. The molecule has 60 heavy (non-hydrogen) atoms. The minimum absolute atomic E-state index is 0.631. The van der Waals surface area contributed by atoms with Gasteiger partial charge in [0.15, 0.2) is 0 Å². The highest BCUT2D eigenvalue weighted by Crippen LogP contribution is 2.41. The Bertz CT molecular complexity index is 3560. The SMILES string of the molecule is C=C/C(c1cccc(-c2cccc(-c3cccc4c5cc6ccccc6cc5n(-c5nc(-c6ccccc6)c6ccccc6n5)c34)c2)c1)=c1/oc2ccccc2c1=C.CC. The van der Waals surface area contributed by atoms with E-state index >= 15 is 0 Å². The second-order valence-corrected chi connectivity index (χ2v) is 14.7. The highest BCUT2D eigenvalue weighted by atomic mass is 16.3. The summed E-state index contributed by atoms with van der Waals surface area (Å²) in [6.45, 7) is 12.6. The van der Waals surface area contributed by atoms with Crippen molar-refractivity contribution in [2.45, 2.75) is 13.8 Å². The van der Waals surface area contributed by atoms with Crippen molar-refractivity contribution >= 4 is 66.6 Å². The van der Waals surface area contributed by atoms with Gasteiger partial charge in [-0.3, -0.25) is 4.57 Å². The molecular formula is C56H41N3O.